The third-order valence-electron chi connectivity index (χ3n) is 2.53. The Morgan fingerprint density at radius 1 is 1.50 bits per heavy atom. The highest BCUT2D eigenvalue weighted by Crippen LogP contribution is 2.52. The molecule has 12 heavy (non-hydrogen) atoms. The third-order valence-corrected chi connectivity index (χ3v) is 2.53. The summed E-state index contributed by atoms with van der Waals surface area (Å²) in [5, 5.41) is 0. The van der Waals surface area contributed by atoms with Crippen molar-refractivity contribution in [3.63, 3.8) is 0 Å². The van der Waals surface area contributed by atoms with Crippen LogP contribution in [0.4, 0.5) is 0 Å². The molecule has 3 heteroatoms. The van der Waals surface area contributed by atoms with E-state index in [0.717, 1.165) is 6.42 Å². The van der Waals surface area contributed by atoms with Crippen LogP contribution in [0, 0.1) is 11.8 Å². The lowest BCUT2D eigenvalue weighted by Gasteiger charge is -2.03. The van der Waals surface area contributed by atoms with E-state index in [-0.39, 0.29) is 23.4 Å². The van der Waals surface area contributed by atoms with E-state index in [0.29, 0.717) is 11.3 Å². The lowest BCUT2D eigenvalue weighted by atomic mass is 10.1. The molecule has 0 aliphatic heterocycles. The van der Waals surface area contributed by atoms with Gasteiger partial charge in [0.05, 0.1) is 12.7 Å². The van der Waals surface area contributed by atoms with E-state index in [1.165, 1.54) is 14.0 Å². The molecule has 2 aliphatic rings. The van der Waals surface area contributed by atoms with Gasteiger partial charge in [-0.3, -0.25) is 9.59 Å². The van der Waals surface area contributed by atoms with Crippen LogP contribution in [-0.4, -0.2) is 18.7 Å². The Balaban J connectivity index is 2.42. The normalized spacial score (nSPS) is 32.0. The third kappa shape index (κ3) is 0.763. The second-order valence-electron chi connectivity index (χ2n) is 3.31. The van der Waals surface area contributed by atoms with Gasteiger partial charge in [-0.1, -0.05) is 0 Å². The van der Waals surface area contributed by atoms with Crippen molar-refractivity contribution in [1.82, 2.24) is 0 Å². The van der Waals surface area contributed by atoms with Crippen LogP contribution >= 0.6 is 0 Å². The van der Waals surface area contributed by atoms with Crippen molar-refractivity contribution in [3.8, 4) is 0 Å². The monoisotopic (exact) mass is 166 g/mol. The fourth-order valence-corrected chi connectivity index (χ4v) is 1.87. The van der Waals surface area contributed by atoms with Gasteiger partial charge >= 0.3 is 0 Å². The van der Waals surface area contributed by atoms with Crippen LogP contribution in [0.3, 0.4) is 0 Å². The molecule has 0 saturated heterocycles. The molecular weight excluding hydrogens is 156 g/mol. The molecule has 0 aromatic rings. The molecule has 0 N–H and O–H groups in total. The van der Waals surface area contributed by atoms with Gasteiger partial charge in [0.2, 0.25) is 0 Å². The van der Waals surface area contributed by atoms with Gasteiger partial charge in [-0.2, -0.15) is 0 Å². The second kappa shape index (κ2) is 2.19. The summed E-state index contributed by atoms with van der Waals surface area (Å²) < 4.78 is 5.05. The molecule has 2 atom stereocenters. The first-order valence-corrected chi connectivity index (χ1v) is 4.00. The molecule has 3 nitrogen and oxygen atoms in total. The summed E-state index contributed by atoms with van der Waals surface area (Å²) in [5.74, 6) is 0.742. The summed E-state index contributed by atoms with van der Waals surface area (Å²) in [6.45, 7) is 1.41. The van der Waals surface area contributed by atoms with E-state index in [1.807, 2.05) is 0 Å². The zero-order valence-corrected chi connectivity index (χ0v) is 7.09. The second-order valence-corrected chi connectivity index (χ2v) is 3.31. The van der Waals surface area contributed by atoms with Gasteiger partial charge < -0.3 is 4.74 Å². The van der Waals surface area contributed by atoms with Crippen molar-refractivity contribution < 1.29 is 14.3 Å². The van der Waals surface area contributed by atoms with Gasteiger partial charge in [0.15, 0.2) is 11.6 Å². The zero-order chi connectivity index (χ0) is 8.88. The van der Waals surface area contributed by atoms with Crippen LogP contribution in [0.2, 0.25) is 0 Å². The summed E-state index contributed by atoms with van der Waals surface area (Å²) in [6, 6.07) is 0. The number of rotatable bonds is 2. The van der Waals surface area contributed by atoms with Gasteiger partial charge in [0.1, 0.15) is 5.76 Å². The van der Waals surface area contributed by atoms with Crippen molar-refractivity contribution in [2.24, 2.45) is 11.8 Å². The highest BCUT2D eigenvalue weighted by molar-refractivity contribution is 6.23. The predicted molar refractivity (Wildman–Crippen MR) is 41.3 cm³/mol. The SMILES string of the molecule is COC1=C(C(C)=O)C(=O)C2CC12. The van der Waals surface area contributed by atoms with E-state index in [2.05, 4.69) is 0 Å². The molecule has 64 valence electrons. The van der Waals surface area contributed by atoms with Gasteiger partial charge in [-0.05, 0) is 13.3 Å². The minimum atomic E-state index is -0.163. The van der Waals surface area contributed by atoms with Gasteiger partial charge in [0.25, 0.3) is 0 Å². The number of Topliss-reactive ketones (excluding diaryl/α,β-unsaturated/α-hetero) is 2. The molecule has 0 radical (unpaired) electrons. The molecule has 1 saturated carbocycles. The maximum Gasteiger partial charge on any atom is 0.173 e. The van der Waals surface area contributed by atoms with Gasteiger partial charge in [0, 0.05) is 11.8 Å². The molecule has 2 unspecified atom stereocenters. The molecule has 2 rings (SSSR count). The number of ketones is 2. The Labute approximate surface area is 70.4 Å². The Morgan fingerprint density at radius 2 is 2.17 bits per heavy atom. The highest BCUT2D eigenvalue weighted by Gasteiger charge is 2.55. The molecule has 0 heterocycles. The molecule has 1 fully saturated rings. The van der Waals surface area contributed by atoms with Crippen LogP contribution in [0.25, 0.3) is 0 Å². The lowest BCUT2D eigenvalue weighted by molar-refractivity contribution is -0.120. The first-order valence-electron chi connectivity index (χ1n) is 4.00. The van der Waals surface area contributed by atoms with E-state index in [4.69, 9.17) is 4.74 Å². The number of methoxy groups -OCH3 is 1. The summed E-state index contributed by atoms with van der Waals surface area (Å²) in [5.41, 5.74) is 0.304. The molecular formula is C9H10O3. The Hall–Kier alpha value is -1.12. The van der Waals surface area contributed by atoms with Crippen LogP contribution in [0.5, 0.6) is 0 Å². The quantitative estimate of drug-likeness (QED) is 0.567. The minimum Gasteiger partial charge on any atom is -0.500 e. The van der Waals surface area contributed by atoms with Crippen molar-refractivity contribution in [3.05, 3.63) is 11.3 Å². The lowest BCUT2D eigenvalue weighted by Crippen LogP contribution is -2.10. The van der Waals surface area contributed by atoms with Gasteiger partial charge in [-0.25, -0.2) is 0 Å². The van der Waals surface area contributed by atoms with Crippen molar-refractivity contribution in [1.29, 1.82) is 0 Å². The molecule has 0 bridgehead atoms. The van der Waals surface area contributed by atoms with Gasteiger partial charge in [-0.15, -0.1) is 0 Å². The first kappa shape index (κ1) is 7.53. The van der Waals surface area contributed by atoms with Crippen molar-refractivity contribution in [2.75, 3.05) is 7.11 Å². The summed E-state index contributed by atoms with van der Waals surface area (Å²) in [6.07, 6.45) is 0.874. The fraction of sp³-hybridized carbons (Fsp3) is 0.556. The van der Waals surface area contributed by atoms with Crippen LogP contribution in [0.1, 0.15) is 13.3 Å². The topological polar surface area (TPSA) is 43.4 Å². The molecule has 2 aliphatic carbocycles. The smallest absolute Gasteiger partial charge is 0.173 e. The predicted octanol–water partition coefficient (Wildman–Crippen LogP) is 0.695. The van der Waals surface area contributed by atoms with E-state index < -0.39 is 0 Å². The Kier molecular flexibility index (Phi) is 1.37. The summed E-state index contributed by atoms with van der Waals surface area (Å²) in [4.78, 5) is 22.4. The molecule has 0 aromatic heterocycles. The fourth-order valence-electron chi connectivity index (χ4n) is 1.87. The standard InChI is InChI=1S/C9H10O3/c1-4(10)7-8(11)5-3-6(5)9(7)12-2/h5-6H,3H2,1-2H3. The van der Waals surface area contributed by atoms with Crippen LogP contribution in [0.15, 0.2) is 11.3 Å². The Bertz CT molecular complexity index is 301. The number of hydrogen-bond acceptors (Lipinski definition) is 3. The average molecular weight is 166 g/mol. The number of hydrogen-bond donors (Lipinski definition) is 0. The Morgan fingerprint density at radius 3 is 2.58 bits per heavy atom. The van der Waals surface area contributed by atoms with Crippen molar-refractivity contribution in [2.45, 2.75) is 13.3 Å². The molecule has 0 amide bonds. The largest absolute Gasteiger partial charge is 0.500 e. The summed E-state index contributed by atoms with van der Waals surface area (Å²) in [7, 11) is 1.52. The van der Waals surface area contributed by atoms with Crippen LogP contribution in [-0.2, 0) is 14.3 Å². The zero-order valence-electron chi connectivity index (χ0n) is 7.09. The van der Waals surface area contributed by atoms with E-state index >= 15 is 0 Å². The van der Waals surface area contributed by atoms with E-state index in [9.17, 15) is 9.59 Å². The highest BCUT2D eigenvalue weighted by atomic mass is 16.5. The number of ether oxygens (including phenoxy) is 1. The first-order chi connectivity index (χ1) is 5.66. The molecule has 0 aromatic carbocycles. The molecule has 0 spiro atoms. The number of allylic oxidation sites excluding steroid dienone is 2. The maximum absolute atomic E-state index is 11.4. The number of fused-ring (bicyclic) bond motifs is 1. The van der Waals surface area contributed by atoms with Crippen LogP contribution < -0.4 is 0 Å². The van der Waals surface area contributed by atoms with E-state index in [1.54, 1.807) is 0 Å². The number of carbonyl (C=O) groups is 2. The van der Waals surface area contributed by atoms with Crippen molar-refractivity contribution >= 4 is 11.6 Å². The number of carbonyl (C=O) groups excluding carboxylic acids is 2. The summed E-state index contributed by atoms with van der Waals surface area (Å²) >= 11 is 0. The maximum atomic E-state index is 11.4. The minimum absolute atomic E-state index is 0.00986. The average Bonchev–Trinajstić information content (AvgIpc) is 2.72.